The van der Waals surface area contributed by atoms with Gasteiger partial charge in [0.2, 0.25) is 0 Å². The quantitative estimate of drug-likeness (QED) is 0.672. The van der Waals surface area contributed by atoms with Crippen molar-refractivity contribution in [1.29, 1.82) is 0 Å². The molecule has 84 valence electrons. The van der Waals surface area contributed by atoms with Crippen molar-refractivity contribution < 1.29 is 13.2 Å². The molecule has 0 aliphatic carbocycles. The lowest BCUT2D eigenvalue weighted by atomic mass is 10.4. The van der Waals surface area contributed by atoms with Crippen LogP contribution in [-0.2, 0) is 14.8 Å². The molecule has 0 fully saturated rings. The molecule has 7 heteroatoms. The van der Waals surface area contributed by atoms with Gasteiger partial charge in [-0.25, -0.2) is 18.1 Å². The normalized spacial score (nSPS) is 11.5. The third kappa shape index (κ3) is 3.15. The maximum atomic E-state index is 11.6. The number of pyridine rings is 1. The highest BCUT2D eigenvalue weighted by Gasteiger charge is 2.17. The van der Waals surface area contributed by atoms with Crippen molar-refractivity contribution in [2.75, 3.05) is 26.0 Å². The number of nitrogens with one attached hydrogen (secondary N) is 1. The molecule has 0 amide bonds. The predicted molar refractivity (Wildman–Crippen MR) is 55.7 cm³/mol. The minimum absolute atomic E-state index is 0.127. The van der Waals surface area contributed by atoms with Crippen LogP contribution in [0.2, 0.25) is 0 Å². The summed E-state index contributed by atoms with van der Waals surface area (Å²) in [6.07, 6.45) is 1.38. The van der Waals surface area contributed by atoms with Gasteiger partial charge in [0.1, 0.15) is 0 Å². The zero-order valence-corrected chi connectivity index (χ0v) is 9.12. The number of nitrogens with two attached hydrogens (primary N) is 1. The first kappa shape index (κ1) is 11.9. The fourth-order valence-corrected chi connectivity index (χ4v) is 2.04. The molecular formula is C8H13N3O3S. The number of anilines is 1. The Morgan fingerprint density at radius 1 is 1.60 bits per heavy atom. The molecule has 6 nitrogen and oxygen atoms in total. The van der Waals surface area contributed by atoms with E-state index in [1.165, 1.54) is 19.4 Å². The Balaban J connectivity index is 2.83. The Bertz CT molecular complexity index is 419. The first-order valence-corrected chi connectivity index (χ1v) is 5.75. The molecule has 15 heavy (non-hydrogen) atoms. The van der Waals surface area contributed by atoms with Crippen molar-refractivity contribution in [2.24, 2.45) is 0 Å². The number of methoxy groups -OCH3 is 1. The molecule has 1 heterocycles. The number of hydrogen-bond donors (Lipinski definition) is 2. The van der Waals surface area contributed by atoms with E-state index in [0.717, 1.165) is 0 Å². The number of ether oxygens (including phenoxy) is 1. The highest BCUT2D eigenvalue weighted by molar-refractivity contribution is 7.89. The maximum Gasteiger partial charge on any atom is 0.260 e. The molecule has 0 saturated heterocycles. The fourth-order valence-electron chi connectivity index (χ4n) is 0.974. The summed E-state index contributed by atoms with van der Waals surface area (Å²) in [6, 6.07) is 3.06. The van der Waals surface area contributed by atoms with Crippen LogP contribution in [0.5, 0.6) is 0 Å². The Labute approximate surface area is 88.5 Å². The molecule has 0 bridgehead atoms. The van der Waals surface area contributed by atoms with Gasteiger partial charge in [-0.1, -0.05) is 0 Å². The zero-order valence-electron chi connectivity index (χ0n) is 8.30. The number of sulfonamides is 1. The van der Waals surface area contributed by atoms with Crippen LogP contribution >= 0.6 is 0 Å². The van der Waals surface area contributed by atoms with E-state index >= 15 is 0 Å². The lowest BCUT2D eigenvalue weighted by Crippen LogP contribution is -2.28. The van der Waals surface area contributed by atoms with Gasteiger partial charge in [0.05, 0.1) is 12.3 Å². The van der Waals surface area contributed by atoms with Crippen LogP contribution in [0.4, 0.5) is 5.69 Å². The summed E-state index contributed by atoms with van der Waals surface area (Å²) >= 11 is 0. The summed E-state index contributed by atoms with van der Waals surface area (Å²) in [5, 5.41) is -0.152. The number of nitrogen functional groups attached to an aromatic ring is 1. The lowest BCUT2D eigenvalue weighted by Gasteiger charge is -2.06. The number of rotatable bonds is 5. The van der Waals surface area contributed by atoms with Crippen molar-refractivity contribution in [1.82, 2.24) is 9.71 Å². The van der Waals surface area contributed by atoms with E-state index < -0.39 is 10.0 Å². The van der Waals surface area contributed by atoms with Gasteiger partial charge in [-0.15, -0.1) is 0 Å². The molecule has 0 unspecified atom stereocenters. The number of hydrogen-bond acceptors (Lipinski definition) is 5. The van der Waals surface area contributed by atoms with Crippen molar-refractivity contribution >= 4 is 15.7 Å². The highest BCUT2D eigenvalue weighted by atomic mass is 32.2. The van der Waals surface area contributed by atoms with Gasteiger partial charge in [0, 0.05) is 19.9 Å². The van der Waals surface area contributed by atoms with Gasteiger partial charge in [0.25, 0.3) is 10.0 Å². The minimum atomic E-state index is -3.63. The lowest BCUT2D eigenvalue weighted by molar-refractivity contribution is 0.204. The Morgan fingerprint density at radius 2 is 2.33 bits per heavy atom. The second-order valence-electron chi connectivity index (χ2n) is 2.79. The standard InChI is InChI=1S/C8H13N3O3S/c1-14-6-5-11-15(12,13)8-7(9)3-2-4-10-8/h2-4,11H,5-6,9H2,1H3. The number of aromatic nitrogens is 1. The topological polar surface area (TPSA) is 94.3 Å². The summed E-state index contributed by atoms with van der Waals surface area (Å²) < 4.78 is 30.3. The van der Waals surface area contributed by atoms with E-state index in [2.05, 4.69) is 9.71 Å². The summed E-state index contributed by atoms with van der Waals surface area (Å²) in [7, 11) is -2.14. The molecule has 0 spiro atoms. The molecule has 1 rings (SSSR count). The van der Waals surface area contributed by atoms with Crippen LogP contribution in [0.3, 0.4) is 0 Å². The SMILES string of the molecule is COCCNS(=O)(=O)c1ncccc1N. The predicted octanol–water partition coefficient (Wildman–Crippen LogP) is -0.411. The van der Waals surface area contributed by atoms with Gasteiger partial charge in [-0.2, -0.15) is 0 Å². The molecule has 0 aliphatic heterocycles. The second kappa shape index (κ2) is 5.06. The average molecular weight is 231 g/mol. The Morgan fingerprint density at radius 3 is 2.93 bits per heavy atom. The van der Waals surface area contributed by atoms with Crippen LogP contribution in [0.1, 0.15) is 0 Å². The summed E-state index contributed by atoms with van der Waals surface area (Å²) in [5.74, 6) is 0. The van der Waals surface area contributed by atoms with Crippen molar-refractivity contribution in [3.05, 3.63) is 18.3 Å². The van der Waals surface area contributed by atoms with Gasteiger partial charge < -0.3 is 10.5 Å². The molecule has 3 N–H and O–H groups in total. The first-order valence-electron chi connectivity index (χ1n) is 4.27. The van der Waals surface area contributed by atoms with E-state index in [4.69, 9.17) is 10.5 Å². The monoisotopic (exact) mass is 231 g/mol. The largest absolute Gasteiger partial charge is 0.396 e. The van der Waals surface area contributed by atoms with E-state index in [1.807, 2.05) is 0 Å². The van der Waals surface area contributed by atoms with E-state index in [-0.39, 0.29) is 17.3 Å². The molecular weight excluding hydrogens is 218 g/mol. The smallest absolute Gasteiger partial charge is 0.260 e. The van der Waals surface area contributed by atoms with Gasteiger partial charge in [0.15, 0.2) is 5.03 Å². The highest BCUT2D eigenvalue weighted by Crippen LogP contribution is 2.12. The average Bonchev–Trinajstić information content (AvgIpc) is 2.18. The fraction of sp³-hybridized carbons (Fsp3) is 0.375. The van der Waals surface area contributed by atoms with Crippen LogP contribution < -0.4 is 10.5 Å². The molecule has 0 aromatic carbocycles. The van der Waals surface area contributed by atoms with Gasteiger partial charge in [-0.3, -0.25) is 0 Å². The van der Waals surface area contributed by atoms with Crippen molar-refractivity contribution in [2.45, 2.75) is 5.03 Å². The third-order valence-corrected chi connectivity index (χ3v) is 3.09. The minimum Gasteiger partial charge on any atom is -0.396 e. The number of nitrogens with zero attached hydrogens (tertiary/aromatic N) is 1. The first-order chi connectivity index (χ1) is 7.08. The maximum absolute atomic E-state index is 11.6. The van der Waals surface area contributed by atoms with E-state index in [0.29, 0.717) is 6.61 Å². The van der Waals surface area contributed by atoms with Crippen LogP contribution in [0.15, 0.2) is 23.4 Å². The third-order valence-electron chi connectivity index (χ3n) is 1.65. The summed E-state index contributed by atoms with van der Waals surface area (Å²) in [6.45, 7) is 0.487. The molecule has 1 aromatic rings. The molecule has 0 saturated carbocycles. The Kier molecular flexibility index (Phi) is 4.01. The molecule has 0 aliphatic rings. The summed E-state index contributed by atoms with van der Waals surface area (Å²) in [4.78, 5) is 3.71. The zero-order chi connectivity index (χ0) is 11.3. The second-order valence-corrected chi connectivity index (χ2v) is 4.47. The van der Waals surface area contributed by atoms with Gasteiger partial charge >= 0.3 is 0 Å². The molecule has 0 atom stereocenters. The Hall–Kier alpha value is -1.18. The van der Waals surface area contributed by atoms with Crippen LogP contribution in [0, 0.1) is 0 Å². The van der Waals surface area contributed by atoms with Crippen LogP contribution in [0.25, 0.3) is 0 Å². The van der Waals surface area contributed by atoms with E-state index in [9.17, 15) is 8.42 Å². The van der Waals surface area contributed by atoms with Crippen LogP contribution in [-0.4, -0.2) is 33.7 Å². The van der Waals surface area contributed by atoms with Crippen molar-refractivity contribution in [3.8, 4) is 0 Å². The van der Waals surface area contributed by atoms with E-state index in [1.54, 1.807) is 6.07 Å². The van der Waals surface area contributed by atoms with Crippen molar-refractivity contribution in [3.63, 3.8) is 0 Å². The molecule has 0 radical (unpaired) electrons. The molecule has 1 aromatic heterocycles. The summed E-state index contributed by atoms with van der Waals surface area (Å²) in [5.41, 5.74) is 5.63. The van der Waals surface area contributed by atoms with Gasteiger partial charge in [-0.05, 0) is 12.1 Å².